The van der Waals surface area contributed by atoms with Crippen LogP contribution < -0.4 is 25.4 Å². The van der Waals surface area contributed by atoms with E-state index in [1.807, 2.05) is 6.07 Å². The number of esters is 1. The van der Waals surface area contributed by atoms with Crippen LogP contribution in [0.25, 0.3) is 11.8 Å². The Balaban J connectivity index is 1.81. The number of likely N-dealkylation sites (tertiary alicyclic amines) is 1. The fourth-order valence-electron chi connectivity index (χ4n) is 3.30. The van der Waals surface area contributed by atoms with Crippen LogP contribution in [0.3, 0.4) is 0 Å². The van der Waals surface area contributed by atoms with Crippen LogP contribution >= 0.6 is 11.3 Å². The molecule has 2 heterocycles. The molecule has 2 N–H and O–H groups in total. The lowest BCUT2D eigenvalue weighted by Gasteiger charge is -2.16. The normalized spacial score (nSPS) is 14.7. The number of benzene rings is 1. The van der Waals surface area contributed by atoms with Crippen molar-refractivity contribution in [1.82, 2.24) is 9.47 Å². The number of amides is 2. The summed E-state index contributed by atoms with van der Waals surface area (Å²) in [5.41, 5.74) is 0.915. The van der Waals surface area contributed by atoms with E-state index in [1.165, 1.54) is 4.57 Å². The van der Waals surface area contributed by atoms with E-state index in [4.69, 9.17) is 4.74 Å². The van der Waals surface area contributed by atoms with E-state index in [0.717, 1.165) is 43.0 Å². The van der Waals surface area contributed by atoms with Crippen LogP contribution in [0.5, 0.6) is 0 Å². The summed E-state index contributed by atoms with van der Waals surface area (Å²) >= 11 is 1.05. The van der Waals surface area contributed by atoms with Gasteiger partial charge in [0, 0.05) is 37.2 Å². The van der Waals surface area contributed by atoms with Gasteiger partial charge in [-0.1, -0.05) is 0 Å². The fourth-order valence-corrected chi connectivity index (χ4v) is 4.37. The topological polar surface area (TPSA) is 116 Å². The first-order valence-corrected chi connectivity index (χ1v) is 11.2. The largest absolute Gasteiger partial charge is 0.462 e. The average molecular weight is 456 g/mol. The van der Waals surface area contributed by atoms with Crippen LogP contribution in [0.15, 0.2) is 29.1 Å². The van der Waals surface area contributed by atoms with Crippen molar-refractivity contribution in [2.75, 3.05) is 30.3 Å². The standard InChI is InChI=1S/C22H25N5O4S/c1-3-27-19(28)18(32-20(27)17(13-23)21(29)31-4-2)14-24-15-7-9-16(10-8-15)25-22(30)26-11-5-6-12-26/h7-10,14,24H,3-6,11-12H2,1-2H3,(H,25,30). The molecule has 0 saturated carbocycles. The van der Waals surface area contributed by atoms with Gasteiger partial charge in [-0.15, -0.1) is 11.3 Å². The van der Waals surface area contributed by atoms with Gasteiger partial charge in [-0.2, -0.15) is 5.26 Å². The van der Waals surface area contributed by atoms with Crippen LogP contribution in [0, 0.1) is 11.3 Å². The molecule has 9 nitrogen and oxygen atoms in total. The van der Waals surface area contributed by atoms with Gasteiger partial charge in [0.2, 0.25) is 0 Å². The highest BCUT2D eigenvalue weighted by molar-refractivity contribution is 7.07. The van der Waals surface area contributed by atoms with Gasteiger partial charge in [0.05, 0.1) is 6.61 Å². The van der Waals surface area contributed by atoms with Gasteiger partial charge in [-0.25, -0.2) is 9.59 Å². The number of thiazole rings is 1. The molecule has 1 saturated heterocycles. The number of rotatable bonds is 6. The van der Waals surface area contributed by atoms with E-state index < -0.39 is 5.97 Å². The van der Waals surface area contributed by atoms with Crippen LogP contribution in [-0.4, -0.2) is 41.2 Å². The quantitative estimate of drug-likeness (QED) is 0.640. The SMILES string of the molecule is CCOC(=O)C(C#N)=c1sc(=CNc2ccc(NC(=O)N3CCCC3)cc2)c(=O)n1CC. The number of anilines is 2. The lowest BCUT2D eigenvalue weighted by Crippen LogP contribution is -2.32. The Kier molecular flexibility index (Phi) is 7.68. The smallest absolute Gasteiger partial charge is 0.351 e. The van der Waals surface area contributed by atoms with Crippen LogP contribution in [-0.2, 0) is 16.1 Å². The second-order valence-corrected chi connectivity index (χ2v) is 8.05. The van der Waals surface area contributed by atoms with E-state index in [9.17, 15) is 19.6 Å². The summed E-state index contributed by atoms with van der Waals surface area (Å²) in [4.78, 5) is 38.8. The number of ether oxygens (including phenoxy) is 1. The van der Waals surface area contributed by atoms with E-state index >= 15 is 0 Å². The first kappa shape index (κ1) is 23.1. The van der Waals surface area contributed by atoms with Crippen LogP contribution in [0.2, 0.25) is 0 Å². The second-order valence-electron chi connectivity index (χ2n) is 7.02. The number of nitrogens with zero attached hydrogens (tertiary/aromatic N) is 3. The monoisotopic (exact) mass is 455 g/mol. The lowest BCUT2D eigenvalue weighted by atomic mass is 10.3. The molecule has 0 radical (unpaired) electrons. The van der Waals surface area contributed by atoms with Gasteiger partial charge in [-0.3, -0.25) is 9.36 Å². The predicted octanol–water partition coefficient (Wildman–Crippen LogP) is 1.64. The molecule has 1 aromatic carbocycles. The number of hydrogen-bond acceptors (Lipinski definition) is 7. The second kappa shape index (κ2) is 10.6. The molecule has 0 aliphatic carbocycles. The molecule has 0 bridgehead atoms. The molecule has 0 spiro atoms. The molecule has 1 aliphatic rings. The molecule has 2 amide bonds. The highest BCUT2D eigenvalue weighted by atomic mass is 32.1. The lowest BCUT2D eigenvalue weighted by molar-refractivity contribution is -0.136. The van der Waals surface area contributed by atoms with Crippen molar-refractivity contribution < 1.29 is 14.3 Å². The Hall–Kier alpha value is -3.58. The zero-order valence-electron chi connectivity index (χ0n) is 18.0. The predicted molar refractivity (Wildman–Crippen MR) is 124 cm³/mol. The third kappa shape index (κ3) is 5.18. The summed E-state index contributed by atoms with van der Waals surface area (Å²) in [6.45, 7) is 5.43. The summed E-state index contributed by atoms with van der Waals surface area (Å²) in [5.74, 6) is -0.746. The van der Waals surface area contributed by atoms with Gasteiger partial charge in [0.1, 0.15) is 15.3 Å². The molecule has 1 fully saturated rings. The van der Waals surface area contributed by atoms with E-state index in [1.54, 1.807) is 49.2 Å². The van der Waals surface area contributed by atoms with Crippen molar-refractivity contribution in [3.8, 4) is 6.07 Å². The van der Waals surface area contributed by atoms with Crippen LogP contribution in [0.1, 0.15) is 26.7 Å². The Morgan fingerprint density at radius 2 is 1.84 bits per heavy atom. The maximum Gasteiger partial charge on any atom is 0.351 e. The summed E-state index contributed by atoms with van der Waals surface area (Å²) in [6.07, 6.45) is 3.61. The number of urea groups is 1. The van der Waals surface area contributed by atoms with Crippen molar-refractivity contribution >= 4 is 46.5 Å². The summed E-state index contributed by atoms with van der Waals surface area (Å²) < 4.78 is 6.93. The molecule has 168 valence electrons. The minimum atomic E-state index is -0.746. The Morgan fingerprint density at radius 3 is 2.44 bits per heavy atom. The van der Waals surface area contributed by atoms with Gasteiger partial charge in [-0.05, 0) is 51.0 Å². The van der Waals surface area contributed by atoms with Gasteiger partial charge < -0.3 is 20.3 Å². The number of hydrogen-bond donors (Lipinski definition) is 2. The first-order valence-electron chi connectivity index (χ1n) is 10.4. The molecule has 0 unspecified atom stereocenters. The summed E-state index contributed by atoms with van der Waals surface area (Å²) in [5, 5.41) is 15.3. The molecule has 32 heavy (non-hydrogen) atoms. The maximum atomic E-state index is 12.7. The van der Waals surface area contributed by atoms with Crippen molar-refractivity contribution in [3.05, 3.63) is 43.8 Å². The molecular formula is C22H25N5O4S. The fraction of sp³-hybridized carbons (Fsp3) is 0.364. The van der Waals surface area contributed by atoms with Crippen molar-refractivity contribution in [2.45, 2.75) is 33.2 Å². The minimum absolute atomic E-state index is 0.104. The molecule has 1 aliphatic heterocycles. The van der Waals surface area contributed by atoms with Gasteiger partial charge >= 0.3 is 12.0 Å². The number of nitriles is 1. The first-order chi connectivity index (χ1) is 15.5. The molecular weight excluding hydrogens is 430 g/mol. The molecule has 10 heteroatoms. The molecule has 3 rings (SSSR count). The van der Waals surface area contributed by atoms with Crippen LogP contribution in [0.4, 0.5) is 16.2 Å². The summed E-state index contributed by atoms with van der Waals surface area (Å²) in [6, 6.07) is 8.87. The molecule has 1 aromatic heterocycles. The zero-order chi connectivity index (χ0) is 23.1. The van der Waals surface area contributed by atoms with E-state index in [2.05, 4.69) is 10.6 Å². The van der Waals surface area contributed by atoms with Crippen molar-refractivity contribution in [1.29, 1.82) is 5.26 Å². The Morgan fingerprint density at radius 1 is 1.19 bits per heavy atom. The Bertz CT molecular complexity index is 1200. The molecule has 2 aromatic rings. The third-order valence-corrected chi connectivity index (χ3v) is 6.06. The van der Waals surface area contributed by atoms with E-state index in [0.29, 0.717) is 16.8 Å². The van der Waals surface area contributed by atoms with Crippen molar-refractivity contribution in [2.24, 2.45) is 0 Å². The maximum absolute atomic E-state index is 12.7. The summed E-state index contributed by atoms with van der Waals surface area (Å²) in [7, 11) is 0. The molecule has 0 atom stereocenters. The van der Waals surface area contributed by atoms with Crippen molar-refractivity contribution in [3.63, 3.8) is 0 Å². The zero-order valence-corrected chi connectivity index (χ0v) is 18.8. The highest BCUT2D eigenvalue weighted by Crippen LogP contribution is 2.15. The number of aromatic nitrogens is 1. The Labute approximate surface area is 189 Å². The number of carbonyl (C=O) groups excluding carboxylic acids is 2. The highest BCUT2D eigenvalue weighted by Gasteiger charge is 2.18. The minimum Gasteiger partial charge on any atom is -0.462 e. The number of carbonyl (C=O) groups is 2. The van der Waals surface area contributed by atoms with E-state index in [-0.39, 0.29) is 28.4 Å². The number of nitrogens with one attached hydrogen (secondary N) is 2. The average Bonchev–Trinajstić information content (AvgIpc) is 3.43. The van der Waals surface area contributed by atoms with Gasteiger partial charge in [0.25, 0.3) is 5.56 Å². The van der Waals surface area contributed by atoms with Gasteiger partial charge in [0.15, 0.2) is 5.57 Å². The third-order valence-electron chi connectivity index (χ3n) is 4.93.